The van der Waals surface area contributed by atoms with E-state index in [1.807, 2.05) is 6.92 Å². The smallest absolute Gasteiger partial charge is 0.337 e. The Labute approximate surface area is 132 Å². The second-order valence-corrected chi connectivity index (χ2v) is 6.35. The third-order valence-corrected chi connectivity index (χ3v) is 4.33. The van der Waals surface area contributed by atoms with E-state index in [4.69, 9.17) is 4.74 Å². The molecule has 0 spiro atoms. The maximum atomic E-state index is 12.2. The number of ether oxygens (including phenoxy) is 1. The average Bonchev–Trinajstić information content (AvgIpc) is 2.78. The molecule has 0 bridgehead atoms. The van der Waals surface area contributed by atoms with E-state index in [0.29, 0.717) is 22.0 Å². The van der Waals surface area contributed by atoms with Crippen molar-refractivity contribution in [3.8, 4) is 0 Å². The van der Waals surface area contributed by atoms with Gasteiger partial charge in [0.05, 0.1) is 23.3 Å². The minimum atomic E-state index is -1.10. The number of carboxylic acids is 1. The summed E-state index contributed by atoms with van der Waals surface area (Å²) in [6.45, 7) is 2.39. The van der Waals surface area contributed by atoms with Gasteiger partial charge < -0.3 is 15.2 Å². The van der Waals surface area contributed by atoms with Crippen LogP contribution < -0.4 is 5.32 Å². The van der Waals surface area contributed by atoms with Crippen LogP contribution in [-0.2, 0) is 9.53 Å². The Kier molecular flexibility index (Phi) is 4.82. The van der Waals surface area contributed by atoms with Crippen molar-refractivity contribution in [1.82, 2.24) is 0 Å². The minimum absolute atomic E-state index is 0.0335. The van der Waals surface area contributed by atoms with E-state index in [-0.39, 0.29) is 29.2 Å². The molecule has 7 heteroatoms. The number of benzene rings is 1. The zero-order valence-corrected chi connectivity index (χ0v) is 13.8. The summed E-state index contributed by atoms with van der Waals surface area (Å²) >= 11 is 6.51. The van der Waals surface area contributed by atoms with Gasteiger partial charge in [0.2, 0.25) is 5.91 Å². The maximum absolute atomic E-state index is 12.2. The molecule has 0 saturated carbocycles. The normalized spacial score (nSPS) is 21.8. The number of hydrogen-bond donors (Lipinski definition) is 2. The molecule has 2 atom stereocenters. The first-order valence-corrected chi connectivity index (χ1v) is 7.63. The lowest BCUT2D eigenvalue weighted by Crippen LogP contribution is -2.28. The van der Waals surface area contributed by atoms with Crippen molar-refractivity contribution in [3.05, 3.63) is 26.6 Å². The number of carbonyl (C=O) groups is 2. The number of carboxylic acid groups (broad SMARTS) is 1. The van der Waals surface area contributed by atoms with Gasteiger partial charge in [-0.1, -0.05) is 15.9 Å². The highest BCUT2D eigenvalue weighted by atomic mass is 79.9. The van der Waals surface area contributed by atoms with Gasteiger partial charge in [0.15, 0.2) is 0 Å². The summed E-state index contributed by atoms with van der Waals surface area (Å²) in [5.41, 5.74) is 0.302. The molecule has 1 heterocycles. The number of amides is 1. The molecule has 0 aliphatic carbocycles. The lowest BCUT2D eigenvalue weighted by atomic mass is 10.0. The first-order valence-electron chi connectivity index (χ1n) is 6.05. The molecule has 1 aromatic carbocycles. The molecule has 5 nitrogen and oxygen atoms in total. The lowest BCUT2D eigenvalue weighted by Gasteiger charge is -2.16. The van der Waals surface area contributed by atoms with Crippen LogP contribution in [-0.4, -0.2) is 29.7 Å². The highest BCUT2D eigenvalue weighted by molar-refractivity contribution is 9.11. The van der Waals surface area contributed by atoms with Gasteiger partial charge in [-0.3, -0.25) is 4.79 Å². The quantitative estimate of drug-likeness (QED) is 0.807. The largest absolute Gasteiger partial charge is 0.478 e. The molecule has 2 N–H and O–H groups in total. The van der Waals surface area contributed by atoms with E-state index in [1.54, 1.807) is 6.07 Å². The third kappa shape index (κ3) is 3.21. The van der Waals surface area contributed by atoms with Gasteiger partial charge >= 0.3 is 5.97 Å². The zero-order valence-electron chi connectivity index (χ0n) is 10.7. The summed E-state index contributed by atoms with van der Waals surface area (Å²) in [5.74, 6) is -1.58. The number of halogens is 2. The van der Waals surface area contributed by atoms with Gasteiger partial charge in [-0.05, 0) is 41.4 Å². The Bertz CT molecular complexity index is 562. The molecular weight excluding hydrogens is 394 g/mol. The first kappa shape index (κ1) is 15.5. The summed E-state index contributed by atoms with van der Waals surface area (Å²) in [6, 6.07) is 3.15. The van der Waals surface area contributed by atoms with Crippen LogP contribution in [0.1, 0.15) is 23.7 Å². The van der Waals surface area contributed by atoms with Crippen molar-refractivity contribution < 1.29 is 19.4 Å². The SMILES string of the molecule is CC1OCCC1C(=O)Nc1c(Br)cc(Br)cc1C(=O)O. The summed E-state index contributed by atoms with van der Waals surface area (Å²) in [6.07, 6.45) is 0.487. The van der Waals surface area contributed by atoms with Gasteiger partial charge in [0.1, 0.15) is 0 Å². The predicted octanol–water partition coefficient (Wildman–Crippen LogP) is 3.27. The molecule has 1 aliphatic rings. The molecule has 20 heavy (non-hydrogen) atoms. The molecule has 2 unspecified atom stereocenters. The van der Waals surface area contributed by atoms with Gasteiger partial charge in [-0.2, -0.15) is 0 Å². The van der Waals surface area contributed by atoms with Crippen molar-refractivity contribution in [2.75, 3.05) is 11.9 Å². The summed E-state index contributed by atoms with van der Waals surface area (Å²) in [7, 11) is 0. The second-order valence-electron chi connectivity index (χ2n) is 4.58. The van der Waals surface area contributed by atoms with Crippen molar-refractivity contribution in [1.29, 1.82) is 0 Å². The Morgan fingerprint density at radius 3 is 2.65 bits per heavy atom. The standard InChI is InChI=1S/C13H13Br2NO4/c1-6-8(2-3-20-6)12(17)16-11-9(13(18)19)4-7(14)5-10(11)15/h4-6,8H,2-3H2,1H3,(H,16,17)(H,18,19). The van der Waals surface area contributed by atoms with Crippen LogP contribution in [0.3, 0.4) is 0 Å². The number of rotatable bonds is 3. The summed E-state index contributed by atoms with van der Waals surface area (Å²) in [5, 5.41) is 11.9. The fraction of sp³-hybridized carbons (Fsp3) is 0.385. The van der Waals surface area contributed by atoms with Gasteiger partial charge in [-0.15, -0.1) is 0 Å². The van der Waals surface area contributed by atoms with Gasteiger partial charge in [0, 0.05) is 15.6 Å². The van der Waals surface area contributed by atoms with E-state index >= 15 is 0 Å². The first-order chi connectivity index (χ1) is 9.40. The van der Waals surface area contributed by atoms with E-state index in [2.05, 4.69) is 37.2 Å². The predicted molar refractivity (Wildman–Crippen MR) is 81.0 cm³/mol. The molecule has 1 saturated heterocycles. The average molecular weight is 407 g/mol. The van der Waals surface area contributed by atoms with Crippen LogP contribution in [0, 0.1) is 5.92 Å². The minimum Gasteiger partial charge on any atom is -0.478 e. The Hall–Kier alpha value is -0.920. The molecule has 0 radical (unpaired) electrons. The van der Waals surface area contributed by atoms with Crippen molar-refractivity contribution in [2.45, 2.75) is 19.4 Å². The molecular formula is C13H13Br2NO4. The highest BCUT2D eigenvalue weighted by Crippen LogP contribution is 2.32. The summed E-state index contributed by atoms with van der Waals surface area (Å²) in [4.78, 5) is 23.5. The molecule has 0 aromatic heterocycles. The lowest BCUT2D eigenvalue weighted by molar-refractivity contribution is -0.121. The van der Waals surface area contributed by atoms with Crippen molar-refractivity contribution in [2.24, 2.45) is 5.92 Å². The molecule has 1 amide bonds. The van der Waals surface area contributed by atoms with Crippen LogP contribution in [0.25, 0.3) is 0 Å². The van der Waals surface area contributed by atoms with E-state index in [1.165, 1.54) is 6.07 Å². The molecule has 2 rings (SSSR count). The van der Waals surface area contributed by atoms with Crippen LogP contribution in [0.2, 0.25) is 0 Å². The number of nitrogens with one attached hydrogen (secondary N) is 1. The van der Waals surface area contributed by atoms with Crippen molar-refractivity contribution >= 4 is 49.4 Å². The molecule has 1 aromatic rings. The summed E-state index contributed by atoms with van der Waals surface area (Å²) < 4.78 is 6.50. The van der Waals surface area contributed by atoms with Crippen LogP contribution >= 0.6 is 31.9 Å². The zero-order chi connectivity index (χ0) is 14.9. The fourth-order valence-electron chi connectivity index (χ4n) is 2.16. The topological polar surface area (TPSA) is 75.6 Å². The maximum Gasteiger partial charge on any atom is 0.337 e. The fourth-order valence-corrected chi connectivity index (χ4v) is 3.49. The number of hydrogen-bond acceptors (Lipinski definition) is 3. The molecule has 1 fully saturated rings. The number of aromatic carboxylic acids is 1. The van der Waals surface area contributed by atoms with Crippen molar-refractivity contribution in [3.63, 3.8) is 0 Å². The third-order valence-electron chi connectivity index (χ3n) is 3.25. The van der Waals surface area contributed by atoms with Crippen LogP contribution in [0.15, 0.2) is 21.1 Å². The monoisotopic (exact) mass is 405 g/mol. The molecule has 1 aliphatic heterocycles. The van der Waals surface area contributed by atoms with Crippen LogP contribution in [0.5, 0.6) is 0 Å². The second kappa shape index (κ2) is 6.24. The Balaban J connectivity index is 2.29. The van der Waals surface area contributed by atoms with Crippen LogP contribution in [0.4, 0.5) is 5.69 Å². The molecule has 108 valence electrons. The highest BCUT2D eigenvalue weighted by Gasteiger charge is 2.31. The van der Waals surface area contributed by atoms with Gasteiger partial charge in [-0.25, -0.2) is 4.79 Å². The van der Waals surface area contributed by atoms with E-state index in [9.17, 15) is 14.7 Å². The van der Waals surface area contributed by atoms with E-state index < -0.39 is 5.97 Å². The Morgan fingerprint density at radius 2 is 2.10 bits per heavy atom. The van der Waals surface area contributed by atoms with E-state index in [0.717, 1.165) is 0 Å². The Morgan fingerprint density at radius 1 is 1.40 bits per heavy atom. The number of anilines is 1. The van der Waals surface area contributed by atoms with Gasteiger partial charge in [0.25, 0.3) is 0 Å². The number of carbonyl (C=O) groups excluding carboxylic acids is 1.